The first-order valence-corrected chi connectivity index (χ1v) is 10.8. The quantitative estimate of drug-likeness (QED) is 0.588. The molecule has 0 spiro atoms. The largest absolute Gasteiger partial charge is 0.385 e. The molecule has 0 saturated carbocycles. The van der Waals surface area contributed by atoms with Gasteiger partial charge in [0.2, 0.25) is 0 Å². The van der Waals surface area contributed by atoms with E-state index in [0.29, 0.717) is 26.4 Å². The molecule has 170 valence electrons. The molecule has 6 heteroatoms. The molecule has 0 aromatic heterocycles. The molecule has 2 aromatic rings. The average molecular weight is 431 g/mol. The fourth-order valence-corrected chi connectivity index (χ4v) is 3.64. The lowest BCUT2D eigenvalue weighted by molar-refractivity contribution is -0.189. The Morgan fingerprint density at radius 2 is 1.52 bits per heavy atom. The number of rotatable bonds is 11. The second-order valence-electron chi connectivity index (χ2n) is 7.95. The Kier molecular flexibility index (Phi) is 9.02. The molecule has 3 rings (SSSR count). The fraction of sp³-hybridized carbons (Fsp3) is 0.520. The molecule has 0 radical (unpaired) electrons. The molecule has 2 aromatic carbocycles. The SMILES string of the molecule is CCOC1O[C@H]([C@@H](COCc2ccc(C)cc2)OCc2ccc(C)cc2)[C@H](OC)[C@H]1O. The van der Waals surface area contributed by atoms with Crippen LogP contribution in [0.3, 0.4) is 0 Å². The van der Waals surface area contributed by atoms with Crippen LogP contribution < -0.4 is 0 Å². The number of benzene rings is 2. The number of aryl methyl sites for hydroxylation is 2. The highest BCUT2D eigenvalue weighted by molar-refractivity contribution is 5.21. The summed E-state index contributed by atoms with van der Waals surface area (Å²) >= 11 is 0. The second kappa shape index (κ2) is 11.7. The normalized spacial score (nSPS) is 24.4. The van der Waals surface area contributed by atoms with Gasteiger partial charge < -0.3 is 28.8 Å². The van der Waals surface area contributed by atoms with E-state index in [-0.39, 0.29) is 0 Å². The van der Waals surface area contributed by atoms with Crippen LogP contribution >= 0.6 is 0 Å². The van der Waals surface area contributed by atoms with Crippen molar-refractivity contribution >= 4 is 0 Å². The van der Waals surface area contributed by atoms with Gasteiger partial charge in [0.1, 0.15) is 24.4 Å². The first kappa shape index (κ1) is 23.9. The van der Waals surface area contributed by atoms with Gasteiger partial charge in [-0.2, -0.15) is 0 Å². The number of hydrogen-bond donors (Lipinski definition) is 1. The lowest BCUT2D eigenvalue weighted by atomic mass is 10.1. The van der Waals surface area contributed by atoms with Gasteiger partial charge in [-0.25, -0.2) is 0 Å². The molecule has 0 aliphatic carbocycles. The van der Waals surface area contributed by atoms with Crippen molar-refractivity contribution in [3.63, 3.8) is 0 Å². The Morgan fingerprint density at radius 3 is 2.06 bits per heavy atom. The fourth-order valence-electron chi connectivity index (χ4n) is 3.64. The summed E-state index contributed by atoms with van der Waals surface area (Å²) < 4.78 is 29.3. The molecule has 0 amide bonds. The molecular weight excluding hydrogens is 396 g/mol. The summed E-state index contributed by atoms with van der Waals surface area (Å²) in [5, 5.41) is 10.6. The summed E-state index contributed by atoms with van der Waals surface area (Å²) in [4.78, 5) is 0. The molecule has 1 heterocycles. The zero-order chi connectivity index (χ0) is 22.2. The van der Waals surface area contributed by atoms with Crippen molar-refractivity contribution in [1.29, 1.82) is 0 Å². The number of hydrogen-bond acceptors (Lipinski definition) is 6. The number of methoxy groups -OCH3 is 1. The first-order valence-electron chi connectivity index (χ1n) is 10.8. The van der Waals surface area contributed by atoms with E-state index in [4.69, 9.17) is 23.7 Å². The lowest BCUT2D eigenvalue weighted by Crippen LogP contribution is -2.43. The maximum atomic E-state index is 10.6. The van der Waals surface area contributed by atoms with Crippen LogP contribution in [0.5, 0.6) is 0 Å². The Hall–Kier alpha value is -1.80. The lowest BCUT2D eigenvalue weighted by Gasteiger charge is -2.27. The highest BCUT2D eigenvalue weighted by Gasteiger charge is 2.48. The molecule has 1 unspecified atom stereocenters. The molecule has 5 atom stereocenters. The van der Waals surface area contributed by atoms with E-state index in [0.717, 1.165) is 11.1 Å². The third kappa shape index (κ3) is 6.59. The van der Waals surface area contributed by atoms with Gasteiger partial charge in [-0.1, -0.05) is 59.7 Å². The van der Waals surface area contributed by atoms with Crippen LogP contribution in [0.2, 0.25) is 0 Å². The van der Waals surface area contributed by atoms with E-state index in [2.05, 4.69) is 50.2 Å². The smallest absolute Gasteiger partial charge is 0.186 e. The van der Waals surface area contributed by atoms with E-state index >= 15 is 0 Å². The Labute approximate surface area is 185 Å². The van der Waals surface area contributed by atoms with E-state index in [9.17, 15) is 5.11 Å². The van der Waals surface area contributed by atoms with Gasteiger partial charge in [0, 0.05) is 13.7 Å². The molecule has 1 aliphatic heterocycles. The van der Waals surface area contributed by atoms with Crippen LogP contribution in [0.1, 0.15) is 29.2 Å². The highest BCUT2D eigenvalue weighted by atomic mass is 16.7. The summed E-state index contributed by atoms with van der Waals surface area (Å²) in [6.07, 6.45) is -3.15. The third-order valence-corrected chi connectivity index (χ3v) is 5.46. The van der Waals surface area contributed by atoms with E-state index in [1.165, 1.54) is 11.1 Å². The summed E-state index contributed by atoms with van der Waals surface area (Å²) in [6, 6.07) is 16.4. The molecule has 1 aliphatic rings. The van der Waals surface area contributed by atoms with Crippen molar-refractivity contribution in [2.45, 2.75) is 64.7 Å². The molecule has 1 saturated heterocycles. The minimum Gasteiger partial charge on any atom is -0.385 e. The van der Waals surface area contributed by atoms with E-state index < -0.39 is 30.7 Å². The van der Waals surface area contributed by atoms with Gasteiger partial charge in [0.15, 0.2) is 6.29 Å². The van der Waals surface area contributed by atoms with E-state index in [1.54, 1.807) is 7.11 Å². The molecule has 6 nitrogen and oxygen atoms in total. The van der Waals surface area contributed by atoms with Gasteiger partial charge in [0.25, 0.3) is 0 Å². The van der Waals surface area contributed by atoms with Crippen molar-refractivity contribution in [1.82, 2.24) is 0 Å². The number of aliphatic hydroxyl groups is 1. The summed E-state index contributed by atoms with van der Waals surface area (Å²) in [5.41, 5.74) is 4.55. The van der Waals surface area contributed by atoms with Crippen molar-refractivity contribution < 1.29 is 28.8 Å². The highest BCUT2D eigenvalue weighted by Crippen LogP contribution is 2.29. The summed E-state index contributed by atoms with van der Waals surface area (Å²) in [6.45, 7) is 7.58. The van der Waals surface area contributed by atoms with Crippen LogP contribution in [-0.2, 0) is 36.9 Å². The zero-order valence-corrected chi connectivity index (χ0v) is 18.8. The topological polar surface area (TPSA) is 66.4 Å². The van der Waals surface area contributed by atoms with Gasteiger partial charge in [0.05, 0.1) is 19.8 Å². The molecular formula is C25H34O6. The minimum atomic E-state index is -0.891. The average Bonchev–Trinajstić information content (AvgIpc) is 3.08. The zero-order valence-electron chi connectivity index (χ0n) is 18.8. The molecule has 1 N–H and O–H groups in total. The van der Waals surface area contributed by atoms with Crippen LogP contribution in [-0.4, -0.2) is 56.1 Å². The summed E-state index contributed by atoms with van der Waals surface area (Å²) in [5.74, 6) is 0. The second-order valence-corrected chi connectivity index (χ2v) is 7.95. The molecule has 0 bridgehead atoms. The van der Waals surface area contributed by atoms with Gasteiger partial charge in [-0.3, -0.25) is 0 Å². The van der Waals surface area contributed by atoms with Gasteiger partial charge in [-0.15, -0.1) is 0 Å². The van der Waals surface area contributed by atoms with Crippen molar-refractivity contribution in [3.8, 4) is 0 Å². The number of ether oxygens (including phenoxy) is 5. The van der Waals surface area contributed by atoms with Gasteiger partial charge in [-0.05, 0) is 31.9 Å². The van der Waals surface area contributed by atoms with Crippen LogP contribution in [0.15, 0.2) is 48.5 Å². The standard InChI is InChI=1S/C25H34O6/c1-5-29-25-22(26)24(27-4)23(31-25)21(30-15-20-12-8-18(3)9-13-20)16-28-14-19-10-6-17(2)7-11-19/h6-13,21-26H,5,14-16H2,1-4H3/t21-,22-,23-,24-,25?/m1/s1. The van der Waals surface area contributed by atoms with Crippen molar-refractivity contribution in [2.75, 3.05) is 20.3 Å². The predicted octanol–water partition coefficient (Wildman–Crippen LogP) is 3.54. The third-order valence-electron chi connectivity index (χ3n) is 5.46. The molecule has 1 fully saturated rings. The van der Waals surface area contributed by atoms with E-state index in [1.807, 2.05) is 19.1 Å². The monoisotopic (exact) mass is 430 g/mol. The predicted molar refractivity (Wildman–Crippen MR) is 118 cm³/mol. The maximum Gasteiger partial charge on any atom is 0.186 e. The van der Waals surface area contributed by atoms with Crippen molar-refractivity contribution in [2.24, 2.45) is 0 Å². The number of aliphatic hydroxyl groups excluding tert-OH is 1. The Bertz CT molecular complexity index is 776. The maximum absolute atomic E-state index is 10.6. The van der Waals surface area contributed by atoms with Gasteiger partial charge >= 0.3 is 0 Å². The minimum absolute atomic E-state index is 0.301. The first-order chi connectivity index (χ1) is 15.0. The summed E-state index contributed by atoms with van der Waals surface area (Å²) in [7, 11) is 1.56. The van der Waals surface area contributed by atoms with Crippen LogP contribution in [0.25, 0.3) is 0 Å². The Balaban J connectivity index is 1.67. The molecule has 31 heavy (non-hydrogen) atoms. The van der Waals surface area contributed by atoms with Crippen molar-refractivity contribution in [3.05, 3.63) is 70.8 Å². The van der Waals surface area contributed by atoms with Crippen LogP contribution in [0, 0.1) is 13.8 Å². The van der Waals surface area contributed by atoms with Crippen LogP contribution in [0.4, 0.5) is 0 Å². The Morgan fingerprint density at radius 1 is 0.935 bits per heavy atom.